The largest absolute Gasteiger partial charge is 0.497 e. The van der Waals surface area contributed by atoms with E-state index >= 15 is 0 Å². The van der Waals surface area contributed by atoms with Crippen molar-refractivity contribution in [3.8, 4) is 5.75 Å². The molecule has 1 unspecified atom stereocenters. The molecule has 0 spiro atoms. The SMILES string of the molecule is CCC(CC)C(=O)NCC(c1ccc(OC)cc1)c1c[nH]c2ccccc12. The summed E-state index contributed by atoms with van der Waals surface area (Å²) in [4.78, 5) is 15.9. The van der Waals surface area contributed by atoms with Crippen LogP contribution in [0.5, 0.6) is 5.75 Å². The highest BCUT2D eigenvalue weighted by molar-refractivity contribution is 5.84. The van der Waals surface area contributed by atoms with Gasteiger partial charge in [-0.05, 0) is 42.2 Å². The maximum absolute atomic E-state index is 12.5. The summed E-state index contributed by atoms with van der Waals surface area (Å²) in [6, 6.07) is 16.4. The van der Waals surface area contributed by atoms with Crippen molar-refractivity contribution in [3.05, 3.63) is 65.9 Å². The lowest BCUT2D eigenvalue weighted by Crippen LogP contribution is -2.33. The van der Waals surface area contributed by atoms with Gasteiger partial charge in [0.25, 0.3) is 0 Å². The monoisotopic (exact) mass is 364 g/mol. The van der Waals surface area contributed by atoms with E-state index in [1.165, 1.54) is 10.9 Å². The Hall–Kier alpha value is -2.75. The molecule has 0 aliphatic heterocycles. The van der Waals surface area contributed by atoms with Crippen molar-refractivity contribution < 1.29 is 9.53 Å². The van der Waals surface area contributed by atoms with Gasteiger partial charge in [-0.2, -0.15) is 0 Å². The number of hydrogen-bond acceptors (Lipinski definition) is 2. The number of fused-ring (bicyclic) bond motifs is 1. The van der Waals surface area contributed by atoms with E-state index in [-0.39, 0.29) is 17.7 Å². The molecule has 0 saturated carbocycles. The predicted molar refractivity (Wildman–Crippen MR) is 110 cm³/mol. The zero-order valence-corrected chi connectivity index (χ0v) is 16.3. The normalized spacial score (nSPS) is 12.3. The number of amides is 1. The van der Waals surface area contributed by atoms with E-state index in [1.54, 1.807) is 7.11 Å². The first-order chi connectivity index (χ1) is 13.2. The molecule has 4 heteroatoms. The third-order valence-corrected chi connectivity index (χ3v) is 5.35. The van der Waals surface area contributed by atoms with Gasteiger partial charge in [-0.1, -0.05) is 44.2 Å². The number of methoxy groups -OCH3 is 1. The maximum atomic E-state index is 12.5. The Balaban J connectivity index is 1.92. The average molecular weight is 364 g/mol. The number of carbonyl (C=O) groups excluding carboxylic acids is 1. The highest BCUT2D eigenvalue weighted by Crippen LogP contribution is 2.31. The number of rotatable bonds is 8. The molecule has 27 heavy (non-hydrogen) atoms. The van der Waals surface area contributed by atoms with Crippen LogP contribution in [-0.4, -0.2) is 24.5 Å². The number of aromatic amines is 1. The Morgan fingerprint density at radius 2 is 1.78 bits per heavy atom. The summed E-state index contributed by atoms with van der Waals surface area (Å²) in [5, 5.41) is 4.37. The highest BCUT2D eigenvalue weighted by Gasteiger charge is 2.21. The van der Waals surface area contributed by atoms with E-state index in [0.29, 0.717) is 6.54 Å². The fourth-order valence-corrected chi connectivity index (χ4v) is 3.63. The van der Waals surface area contributed by atoms with Crippen LogP contribution in [0.3, 0.4) is 0 Å². The molecule has 4 nitrogen and oxygen atoms in total. The van der Waals surface area contributed by atoms with E-state index in [0.717, 1.165) is 29.7 Å². The van der Waals surface area contributed by atoms with Gasteiger partial charge in [0.1, 0.15) is 5.75 Å². The Morgan fingerprint density at radius 1 is 1.07 bits per heavy atom. The fourth-order valence-electron chi connectivity index (χ4n) is 3.63. The van der Waals surface area contributed by atoms with Gasteiger partial charge in [-0.3, -0.25) is 4.79 Å². The lowest BCUT2D eigenvalue weighted by molar-refractivity contribution is -0.125. The van der Waals surface area contributed by atoms with Crippen molar-refractivity contribution in [2.45, 2.75) is 32.6 Å². The van der Waals surface area contributed by atoms with Crippen molar-refractivity contribution >= 4 is 16.8 Å². The minimum absolute atomic E-state index is 0.0736. The molecular weight excluding hydrogens is 336 g/mol. The van der Waals surface area contributed by atoms with E-state index in [4.69, 9.17) is 4.74 Å². The summed E-state index contributed by atoms with van der Waals surface area (Å²) in [5.41, 5.74) is 3.46. The van der Waals surface area contributed by atoms with Crippen LogP contribution in [0.25, 0.3) is 10.9 Å². The molecule has 1 amide bonds. The van der Waals surface area contributed by atoms with Crippen LogP contribution in [0.4, 0.5) is 0 Å². The Morgan fingerprint density at radius 3 is 2.44 bits per heavy atom. The topological polar surface area (TPSA) is 54.1 Å². The summed E-state index contributed by atoms with van der Waals surface area (Å²) >= 11 is 0. The van der Waals surface area contributed by atoms with Crippen LogP contribution in [0.1, 0.15) is 43.7 Å². The molecular formula is C23H28N2O2. The number of benzene rings is 2. The minimum Gasteiger partial charge on any atom is -0.497 e. The van der Waals surface area contributed by atoms with Crippen LogP contribution < -0.4 is 10.1 Å². The molecule has 0 radical (unpaired) electrons. The Labute approximate surface area is 160 Å². The molecule has 2 N–H and O–H groups in total. The van der Waals surface area contributed by atoms with Gasteiger partial charge in [0.05, 0.1) is 7.11 Å². The summed E-state index contributed by atoms with van der Waals surface area (Å²) in [6.07, 6.45) is 3.79. The molecule has 2 aromatic carbocycles. The zero-order chi connectivity index (χ0) is 19.2. The van der Waals surface area contributed by atoms with Crippen LogP contribution in [0.2, 0.25) is 0 Å². The van der Waals surface area contributed by atoms with Gasteiger partial charge in [0.15, 0.2) is 0 Å². The fraction of sp³-hybridized carbons (Fsp3) is 0.348. The van der Waals surface area contributed by atoms with Crippen LogP contribution >= 0.6 is 0 Å². The first-order valence-corrected chi connectivity index (χ1v) is 9.65. The van der Waals surface area contributed by atoms with Crippen LogP contribution in [-0.2, 0) is 4.79 Å². The second kappa shape index (κ2) is 8.76. The van der Waals surface area contributed by atoms with E-state index < -0.39 is 0 Å². The van der Waals surface area contributed by atoms with Crippen LogP contribution in [0.15, 0.2) is 54.7 Å². The number of carbonyl (C=O) groups is 1. The smallest absolute Gasteiger partial charge is 0.223 e. The molecule has 0 bridgehead atoms. The molecule has 1 aromatic heterocycles. The van der Waals surface area contributed by atoms with E-state index in [1.807, 2.05) is 24.3 Å². The van der Waals surface area contributed by atoms with Gasteiger partial charge in [-0.25, -0.2) is 0 Å². The molecule has 1 atom stereocenters. The third-order valence-electron chi connectivity index (χ3n) is 5.35. The standard InChI is InChI=1S/C23H28N2O2/c1-4-16(5-2)23(26)25-14-20(17-10-12-18(27-3)13-11-17)21-15-24-22-9-7-6-8-19(21)22/h6-13,15-16,20,24H,4-5,14H2,1-3H3,(H,25,26). The number of aromatic nitrogens is 1. The van der Waals surface area contributed by atoms with Crippen molar-refractivity contribution in [3.63, 3.8) is 0 Å². The van der Waals surface area contributed by atoms with Crippen molar-refractivity contribution in [1.29, 1.82) is 0 Å². The molecule has 1 heterocycles. The molecule has 3 aromatic rings. The van der Waals surface area contributed by atoms with Crippen LogP contribution in [0, 0.1) is 5.92 Å². The van der Waals surface area contributed by atoms with Crippen molar-refractivity contribution in [2.24, 2.45) is 5.92 Å². The number of H-pyrrole nitrogens is 1. The lowest BCUT2D eigenvalue weighted by Gasteiger charge is -2.20. The zero-order valence-electron chi connectivity index (χ0n) is 16.3. The highest BCUT2D eigenvalue weighted by atomic mass is 16.5. The van der Waals surface area contributed by atoms with Gasteiger partial charge in [-0.15, -0.1) is 0 Å². The number of hydrogen-bond donors (Lipinski definition) is 2. The molecule has 0 fully saturated rings. The van der Waals surface area contributed by atoms with Gasteiger partial charge < -0.3 is 15.0 Å². The second-order valence-corrected chi connectivity index (χ2v) is 6.87. The van der Waals surface area contributed by atoms with Gasteiger partial charge in [0.2, 0.25) is 5.91 Å². The molecule has 142 valence electrons. The first-order valence-electron chi connectivity index (χ1n) is 9.65. The number of para-hydroxylation sites is 1. The first kappa shape index (κ1) is 19.0. The molecule has 0 saturated heterocycles. The molecule has 3 rings (SSSR count). The van der Waals surface area contributed by atoms with Crippen molar-refractivity contribution in [2.75, 3.05) is 13.7 Å². The Bertz CT molecular complexity index is 879. The quantitative estimate of drug-likeness (QED) is 0.600. The second-order valence-electron chi connectivity index (χ2n) is 6.87. The molecule has 0 aliphatic carbocycles. The predicted octanol–water partition coefficient (Wildman–Crippen LogP) is 4.86. The number of nitrogens with one attached hydrogen (secondary N) is 2. The Kier molecular flexibility index (Phi) is 6.17. The minimum atomic E-state index is 0.0736. The van der Waals surface area contributed by atoms with E-state index in [9.17, 15) is 4.79 Å². The summed E-state index contributed by atoms with van der Waals surface area (Å²) < 4.78 is 5.29. The van der Waals surface area contributed by atoms with Gasteiger partial charge in [0, 0.05) is 35.5 Å². The number of ether oxygens (including phenoxy) is 1. The summed E-state index contributed by atoms with van der Waals surface area (Å²) in [6.45, 7) is 4.70. The average Bonchev–Trinajstić information content (AvgIpc) is 3.13. The van der Waals surface area contributed by atoms with Crippen molar-refractivity contribution in [1.82, 2.24) is 10.3 Å². The maximum Gasteiger partial charge on any atom is 0.223 e. The van der Waals surface area contributed by atoms with E-state index in [2.05, 4.69) is 54.6 Å². The van der Waals surface area contributed by atoms with Gasteiger partial charge >= 0.3 is 0 Å². The molecule has 0 aliphatic rings. The third kappa shape index (κ3) is 4.16. The summed E-state index contributed by atoms with van der Waals surface area (Å²) in [5.74, 6) is 1.12. The summed E-state index contributed by atoms with van der Waals surface area (Å²) in [7, 11) is 1.67. The lowest BCUT2D eigenvalue weighted by atomic mass is 9.90.